The van der Waals surface area contributed by atoms with Crippen molar-refractivity contribution in [3.05, 3.63) is 41.1 Å². The van der Waals surface area contributed by atoms with Gasteiger partial charge in [0, 0.05) is 42.8 Å². The predicted octanol–water partition coefficient (Wildman–Crippen LogP) is 5.97. The summed E-state index contributed by atoms with van der Waals surface area (Å²) in [5, 5.41) is 11.8. The fourth-order valence-electron chi connectivity index (χ4n) is 4.49. The highest BCUT2D eigenvalue weighted by atomic mass is 32.2. The second-order valence-electron chi connectivity index (χ2n) is 12.5. The number of hydrogen-bond donors (Lipinski definition) is 2. The molecule has 0 bridgehead atoms. The maximum absolute atomic E-state index is 14.0. The number of nitrogens with zero attached hydrogens (tertiary/aromatic N) is 4. The van der Waals surface area contributed by atoms with E-state index in [1.54, 1.807) is 20.8 Å². The zero-order valence-electron chi connectivity index (χ0n) is 26.5. The number of alkyl halides is 5. The standard InChI is InChI=1S/C29H37F5N6O5S/c1-17-20(22(38-37-21(17)29(32,33)34)40-14-9-12-28(30,31)13-15-40)23(41)35-18-10-8-11-19(16-18)46(7,44)39-24(42)27(5,6)36-25(43)45-26(2,3)4/h8,10-11,16H,9,12-15H2,1-7H3,(H,35,41)(H,36,43)/t46-/m1/s1. The molecular weight excluding hydrogens is 639 g/mol. The number of aromatic nitrogens is 2. The van der Waals surface area contributed by atoms with Gasteiger partial charge in [0.15, 0.2) is 11.5 Å². The quantitative estimate of drug-likeness (QED) is 0.357. The molecule has 3 rings (SSSR count). The summed E-state index contributed by atoms with van der Waals surface area (Å²) in [6, 6.07) is 5.35. The van der Waals surface area contributed by atoms with Crippen LogP contribution in [0.5, 0.6) is 0 Å². The lowest BCUT2D eigenvalue weighted by Gasteiger charge is -2.26. The first-order chi connectivity index (χ1) is 20.9. The molecule has 1 aliphatic heterocycles. The van der Waals surface area contributed by atoms with Crippen LogP contribution in [0.3, 0.4) is 0 Å². The Balaban J connectivity index is 1.95. The van der Waals surface area contributed by atoms with Crippen LogP contribution in [-0.4, -0.2) is 68.7 Å². The van der Waals surface area contributed by atoms with Crippen molar-refractivity contribution in [3.8, 4) is 0 Å². The van der Waals surface area contributed by atoms with Crippen LogP contribution in [0.4, 0.5) is 38.3 Å². The average Bonchev–Trinajstić information content (AvgIpc) is 3.06. The molecule has 11 nitrogen and oxygen atoms in total. The van der Waals surface area contributed by atoms with E-state index in [-0.39, 0.29) is 35.9 Å². The van der Waals surface area contributed by atoms with Crippen LogP contribution < -0.4 is 15.5 Å². The Bertz CT molecular complexity index is 1630. The molecule has 17 heteroatoms. The van der Waals surface area contributed by atoms with Crippen LogP contribution in [0, 0.1) is 6.92 Å². The van der Waals surface area contributed by atoms with Gasteiger partial charge < -0.3 is 20.3 Å². The molecule has 1 aliphatic rings. The van der Waals surface area contributed by atoms with Gasteiger partial charge in [-0.25, -0.2) is 17.8 Å². The van der Waals surface area contributed by atoms with Gasteiger partial charge in [-0.05, 0) is 71.7 Å². The zero-order chi connectivity index (χ0) is 34.9. The van der Waals surface area contributed by atoms with E-state index in [0.29, 0.717) is 0 Å². The Morgan fingerprint density at radius 1 is 1.04 bits per heavy atom. The topological polar surface area (TPSA) is 143 Å². The number of ether oxygens (including phenoxy) is 1. The molecule has 0 unspecified atom stereocenters. The molecule has 0 radical (unpaired) electrons. The number of amides is 3. The minimum Gasteiger partial charge on any atom is -0.444 e. The molecule has 2 aromatic rings. The summed E-state index contributed by atoms with van der Waals surface area (Å²) < 4.78 is 91.8. The fraction of sp³-hybridized carbons (Fsp3) is 0.552. The van der Waals surface area contributed by atoms with Gasteiger partial charge in [-0.3, -0.25) is 9.59 Å². The Kier molecular flexibility index (Phi) is 10.4. The van der Waals surface area contributed by atoms with Crippen molar-refractivity contribution in [2.75, 3.05) is 29.6 Å². The molecule has 1 fully saturated rings. The molecule has 1 aromatic carbocycles. The van der Waals surface area contributed by atoms with E-state index in [4.69, 9.17) is 4.74 Å². The molecule has 3 amide bonds. The summed E-state index contributed by atoms with van der Waals surface area (Å²) in [7, 11) is -3.48. The van der Waals surface area contributed by atoms with Crippen LogP contribution in [0.25, 0.3) is 0 Å². The maximum Gasteiger partial charge on any atom is 0.435 e. The van der Waals surface area contributed by atoms with Crippen molar-refractivity contribution in [1.29, 1.82) is 0 Å². The van der Waals surface area contributed by atoms with Gasteiger partial charge in [0.2, 0.25) is 5.92 Å². The molecule has 0 aliphatic carbocycles. The number of rotatable bonds is 6. The van der Waals surface area contributed by atoms with Crippen molar-refractivity contribution >= 4 is 39.1 Å². The largest absolute Gasteiger partial charge is 0.444 e. The highest BCUT2D eigenvalue weighted by Crippen LogP contribution is 2.36. The molecular formula is C29H37F5N6O5S. The van der Waals surface area contributed by atoms with Gasteiger partial charge in [0.1, 0.15) is 11.1 Å². The van der Waals surface area contributed by atoms with E-state index >= 15 is 0 Å². The molecule has 46 heavy (non-hydrogen) atoms. The number of benzene rings is 1. The van der Waals surface area contributed by atoms with Gasteiger partial charge in [-0.1, -0.05) is 6.07 Å². The SMILES string of the molecule is Cc1c(C(F)(F)F)nnc(N2CCCC(F)(F)CC2)c1C(=O)Nc1cccc([S@@](C)(=O)=NC(=O)C(C)(C)NC(=O)OC(C)(C)C)c1. The first-order valence-corrected chi connectivity index (χ1v) is 16.1. The van der Waals surface area contributed by atoms with Gasteiger partial charge in [-0.2, -0.15) is 17.5 Å². The monoisotopic (exact) mass is 676 g/mol. The Hall–Kier alpha value is -3.89. The van der Waals surface area contributed by atoms with E-state index < -0.39 is 80.5 Å². The Morgan fingerprint density at radius 3 is 2.30 bits per heavy atom. The van der Waals surface area contributed by atoms with E-state index in [9.17, 15) is 40.5 Å². The van der Waals surface area contributed by atoms with Crippen LogP contribution in [0.2, 0.25) is 0 Å². The Morgan fingerprint density at radius 2 is 1.70 bits per heavy atom. The lowest BCUT2D eigenvalue weighted by molar-refractivity contribution is -0.142. The summed E-state index contributed by atoms with van der Waals surface area (Å²) in [5.41, 5.74) is -4.93. The minimum absolute atomic E-state index is 0.00896. The van der Waals surface area contributed by atoms with Gasteiger partial charge in [-0.15, -0.1) is 10.2 Å². The lowest BCUT2D eigenvalue weighted by atomic mass is 10.1. The summed E-state index contributed by atoms with van der Waals surface area (Å²) >= 11 is 0. The maximum atomic E-state index is 14.0. The third kappa shape index (κ3) is 9.33. The minimum atomic E-state index is -4.95. The van der Waals surface area contributed by atoms with Gasteiger partial charge in [0.25, 0.3) is 11.8 Å². The highest BCUT2D eigenvalue weighted by molar-refractivity contribution is 7.93. The summed E-state index contributed by atoms with van der Waals surface area (Å²) in [5.74, 6) is -5.24. The molecule has 1 atom stereocenters. The van der Waals surface area contributed by atoms with Crippen LogP contribution >= 0.6 is 0 Å². The number of alkyl carbamates (subject to hydrolysis) is 1. The molecule has 2 heterocycles. The van der Waals surface area contributed by atoms with Crippen molar-refractivity contribution in [2.45, 2.75) is 88.9 Å². The molecule has 2 N–H and O–H groups in total. The first-order valence-electron chi connectivity index (χ1n) is 14.2. The molecule has 1 aromatic heterocycles. The molecule has 254 valence electrons. The highest BCUT2D eigenvalue weighted by Gasteiger charge is 2.40. The van der Waals surface area contributed by atoms with Crippen molar-refractivity contribution in [1.82, 2.24) is 15.5 Å². The third-order valence-electron chi connectivity index (χ3n) is 6.85. The smallest absolute Gasteiger partial charge is 0.435 e. The van der Waals surface area contributed by atoms with E-state index in [1.807, 2.05) is 0 Å². The number of nitrogens with one attached hydrogen (secondary N) is 2. The van der Waals surface area contributed by atoms with E-state index in [2.05, 4.69) is 25.2 Å². The average molecular weight is 677 g/mol. The van der Waals surface area contributed by atoms with E-state index in [0.717, 1.165) is 13.2 Å². The number of hydrogen-bond acceptors (Lipinski definition) is 8. The van der Waals surface area contributed by atoms with Crippen LogP contribution in [-0.2, 0) is 25.4 Å². The second kappa shape index (κ2) is 13.1. The van der Waals surface area contributed by atoms with Gasteiger partial charge in [0.05, 0.1) is 15.3 Å². The van der Waals surface area contributed by atoms with E-state index in [1.165, 1.54) is 43.0 Å². The fourth-order valence-corrected chi connectivity index (χ4v) is 5.81. The number of carbonyl (C=O) groups excluding carboxylic acids is 3. The van der Waals surface area contributed by atoms with Crippen LogP contribution in [0.15, 0.2) is 33.5 Å². The second-order valence-corrected chi connectivity index (χ2v) is 14.8. The number of carbonyl (C=O) groups is 3. The van der Waals surface area contributed by atoms with Crippen molar-refractivity contribution in [3.63, 3.8) is 0 Å². The summed E-state index contributed by atoms with van der Waals surface area (Å²) in [6.45, 7) is 8.37. The number of anilines is 2. The van der Waals surface area contributed by atoms with Gasteiger partial charge >= 0.3 is 12.3 Å². The summed E-state index contributed by atoms with van der Waals surface area (Å²) in [6.07, 6.45) is -5.69. The lowest BCUT2D eigenvalue weighted by Crippen LogP contribution is -2.50. The van der Waals surface area contributed by atoms with Crippen molar-refractivity contribution < 1.29 is 45.3 Å². The van der Waals surface area contributed by atoms with Crippen LogP contribution in [0.1, 0.15) is 75.5 Å². The van der Waals surface area contributed by atoms with Crippen molar-refractivity contribution in [2.24, 2.45) is 4.36 Å². The summed E-state index contributed by atoms with van der Waals surface area (Å²) in [4.78, 5) is 40.0. The third-order valence-corrected chi connectivity index (χ3v) is 8.49. The first kappa shape index (κ1) is 36.6. The normalized spacial score (nSPS) is 16.9. The molecule has 0 saturated carbocycles. The predicted molar refractivity (Wildman–Crippen MR) is 160 cm³/mol. The number of halogens is 5. The molecule has 0 spiro atoms. The molecule has 1 saturated heterocycles. The zero-order valence-corrected chi connectivity index (χ0v) is 27.3. The Labute approximate surface area is 263 Å².